The van der Waals surface area contributed by atoms with Crippen molar-refractivity contribution in [3.8, 4) is 11.3 Å². The summed E-state index contributed by atoms with van der Waals surface area (Å²) in [5, 5.41) is 6.54. The van der Waals surface area contributed by atoms with Crippen LogP contribution in [0.15, 0.2) is 49.2 Å². The summed E-state index contributed by atoms with van der Waals surface area (Å²) in [6, 6.07) is 8.15. The Kier molecular flexibility index (Phi) is 4.13. The molecule has 0 amide bonds. The average Bonchev–Trinajstić information content (AvgIpc) is 3.39. The maximum atomic E-state index is 5.98. The maximum Gasteiger partial charge on any atom is 0.214 e. The minimum absolute atomic E-state index is 0.419. The lowest BCUT2D eigenvalue weighted by Gasteiger charge is -2.37. The van der Waals surface area contributed by atoms with Crippen molar-refractivity contribution >= 4 is 33.0 Å². The molecule has 3 aromatic heterocycles. The van der Waals surface area contributed by atoms with Gasteiger partial charge in [-0.3, -0.25) is 0 Å². The largest absolute Gasteiger partial charge is 0.345 e. The zero-order chi connectivity index (χ0) is 18.4. The quantitative estimate of drug-likeness (QED) is 0.513. The van der Waals surface area contributed by atoms with E-state index >= 15 is 0 Å². The predicted octanol–water partition coefficient (Wildman–Crippen LogP) is 4.40. The Morgan fingerprint density at radius 2 is 2.07 bits per heavy atom. The molecule has 0 saturated carbocycles. The summed E-state index contributed by atoms with van der Waals surface area (Å²) in [5.41, 5.74) is 1.96. The van der Waals surface area contributed by atoms with E-state index in [1.54, 1.807) is 11.3 Å². The monoisotopic (exact) mass is 398 g/mol. The Morgan fingerprint density at radius 3 is 2.81 bits per heavy atom. The molecule has 0 radical (unpaired) electrons. The first-order chi connectivity index (χ1) is 13.2. The van der Waals surface area contributed by atoms with Crippen molar-refractivity contribution in [1.29, 1.82) is 0 Å². The zero-order valence-corrected chi connectivity index (χ0v) is 16.4. The van der Waals surface area contributed by atoms with Crippen LogP contribution in [0.5, 0.6) is 0 Å². The maximum absolute atomic E-state index is 5.98. The molecular weight excluding hydrogens is 380 g/mol. The van der Waals surface area contributed by atoms with Gasteiger partial charge >= 0.3 is 0 Å². The van der Waals surface area contributed by atoms with Crippen molar-refractivity contribution in [2.75, 3.05) is 18.0 Å². The fourth-order valence-corrected chi connectivity index (χ4v) is 4.70. The minimum Gasteiger partial charge on any atom is -0.345 e. The SMILES string of the molecule is CC1CCN(c2nn3cc(-c4ccc(Cl)cc4)nc3s2)CC1n1ccnc1. The molecule has 1 aliphatic rings. The van der Waals surface area contributed by atoms with E-state index in [1.807, 2.05) is 47.5 Å². The summed E-state index contributed by atoms with van der Waals surface area (Å²) in [5.74, 6) is 0.621. The third kappa shape index (κ3) is 3.11. The molecule has 27 heavy (non-hydrogen) atoms. The summed E-state index contributed by atoms with van der Waals surface area (Å²) >= 11 is 7.61. The van der Waals surface area contributed by atoms with Gasteiger partial charge in [0, 0.05) is 36.1 Å². The van der Waals surface area contributed by atoms with Crippen LogP contribution in [0.25, 0.3) is 16.2 Å². The molecule has 5 rings (SSSR count). The number of anilines is 1. The lowest BCUT2D eigenvalue weighted by molar-refractivity contribution is 0.298. The van der Waals surface area contributed by atoms with Crippen molar-refractivity contribution < 1.29 is 0 Å². The van der Waals surface area contributed by atoms with E-state index in [0.29, 0.717) is 12.0 Å². The summed E-state index contributed by atoms with van der Waals surface area (Å²) in [6.45, 7) is 4.28. The number of imidazole rings is 2. The summed E-state index contributed by atoms with van der Waals surface area (Å²) in [4.78, 5) is 12.2. The van der Waals surface area contributed by atoms with Crippen LogP contribution in [0.3, 0.4) is 0 Å². The van der Waals surface area contributed by atoms with Crippen LogP contribution in [0.1, 0.15) is 19.4 Å². The third-order valence-electron chi connectivity index (χ3n) is 5.27. The standard InChI is InChI=1S/C19H19ClN6S/c1-13-6-8-24(11-17(13)25-9-7-21-12-25)19-23-26-10-16(22-18(26)27-19)14-2-4-15(20)5-3-14/h2-5,7,9-10,12-13,17H,6,8,11H2,1H3. The van der Waals surface area contributed by atoms with E-state index in [-0.39, 0.29) is 0 Å². The van der Waals surface area contributed by atoms with Crippen LogP contribution in [-0.2, 0) is 0 Å². The van der Waals surface area contributed by atoms with E-state index in [9.17, 15) is 0 Å². The molecule has 0 spiro atoms. The number of fused-ring (bicyclic) bond motifs is 1. The van der Waals surface area contributed by atoms with Crippen LogP contribution in [0.4, 0.5) is 5.13 Å². The lowest BCUT2D eigenvalue weighted by atomic mass is 9.93. The third-order valence-corrected chi connectivity index (χ3v) is 6.50. The molecule has 4 aromatic rings. The van der Waals surface area contributed by atoms with Gasteiger partial charge in [0.05, 0.1) is 24.3 Å². The first-order valence-corrected chi connectivity index (χ1v) is 10.2. The van der Waals surface area contributed by atoms with Crippen LogP contribution in [-0.4, -0.2) is 37.2 Å². The number of hydrogen-bond acceptors (Lipinski definition) is 5. The summed E-state index contributed by atoms with van der Waals surface area (Å²) in [7, 11) is 0. The van der Waals surface area contributed by atoms with Crippen molar-refractivity contribution in [1.82, 2.24) is 24.1 Å². The van der Waals surface area contributed by atoms with Gasteiger partial charge in [-0.25, -0.2) is 14.5 Å². The zero-order valence-electron chi connectivity index (χ0n) is 14.9. The Balaban J connectivity index is 1.40. The molecule has 2 unspecified atom stereocenters. The van der Waals surface area contributed by atoms with Crippen molar-refractivity contribution in [3.63, 3.8) is 0 Å². The van der Waals surface area contributed by atoms with Crippen LogP contribution >= 0.6 is 22.9 Å². The topological polar surface area (TPSA) is 51.3 Å². The van der Waals surface area contributed by atoms with Gasteiger partial charge in [0.1, 0.15) is 0 Å². The second-order valence-corrected chi connectivity index (χ2v) is 8.40. The van der Waals surface area contributed by atoms with Gasteiger partial charge in [0.2, 0.25) is 10.1 Å². The average molecular weight is 399 g/mol. The Hall–Kier alpha value is -2.38. The highest BCUT2D eigenvalue weighted by Gasteiger charge is 2.29. The number of aromatic nitrogens is 5. The second-order valence-electron chi connectivity index (χ2n) is 7.03. The highest BCUT2D eigenvalue weighted by Crippen LogP contribution is 2.33. The molecule has 4 heterocycles. The Bertz CT molecular complexity index is 1020. The molecule has 0 N–H and O–H groups in total. The molecular formula is C19H19ClN6S. The Labute approximate surface area is 166 Å². The minimum atomic E-state index is 0.419. The van der Waals surface area contributed by atoms with Crippen molar-refractivity contribution in [2.45, 2.75) is 19.4 Å². The number of halogens is 1. The molecule has 0 bridgehead atoms. The van der Waals surface area contributed by atoms with Crippen molar-refractivity contribution in [3.05, 3.63) is 54.2 Å². The fourth-order valence-electron chi connectivity index (χ4n) is 3.65. The number of piperidine rings is 1. The molecule has 138 valence electrons. The van der Waals surface area contributed by atoms with Gasteiger partial charge in [-0.2, -0.15) is 0 Å². The molecule has 8 heteroatoms. The highest BCUT2D eigenvalue weighted by atomic mass is 35.5. The highest BCUT2D eigenvalue weighted by molar-refractivity contribution is 7.20. The number of rotatable bonds is 3. The first kappa shape index (κ1) is 16.8. The predicted molar refractivity (Wildman–Crippen MR) is 109 cm³/mol. The normalized spacial score (nSPS) is 20.4. The molecule has 0 aliphatic carbocycles. The Morgan fingerprint density at radius 1 is 1.22 bits per heavy atom. The molecule has 2 atom stereocenters. The van der Waals surface area contributed by atoms with Gasteiger partial charge in [-0.05, 0) is 24.5 Å². The number of hydrogen-bond donors (Lipinski definition) is 0. The van der Waals surface area contributed by atoms with E-state index in [4.69, 9.17) is 21.7 Å². The first-order valence-electron chi connectivity index (χ1n) is 9.02. The smallest absolute Gasteiger partial charge is 0.214 e. The van der Waals surface area contributed by atoms with Gasteiger partial charge in [0.25, 0.3) is 0 Å². The number of nitrogens with zero attached hydrogens (tertiary/aromatic N) is 6. The van der Waals surface area contributed by atoms with Gasteiger partial charge < -0.3 is 9.47 Å². The van der Waals surface area contributed by atoms with Gasteiger partial charge in [0.15, 0.2) is 0 Å². The van der Waals surface area contributed by atoms with Crippen LogP contribution in [0, 0.1) is 5.92 Å². The lowest BCUT2D eigenvalue weighted by Crippen LogP contribution is -2.40. The fraction of sp³-hybridized carbons (Fsp3) is 0.316. The second kappa shape index (κ2) is 6.65. The van der Waals surface area contributed by atoms with Gasteiger partial charge in [-0.1, -0.05) is 42.0 Å². The van der Waals surface area contributed by atoms with Crippen molar-refractivity contribution in [2.24, 2.45) is 5.92 Å². The molecule has 1 fully saturated rings. The van der Waals surface area contributed by atoms with E-state index in [0.717, 1.165) is 45.9 Å². The molecule has 1 aliphatic heterocycles. The van der Waals surface area contributed by atoms with E-state index in [1.165, 1.54) is 0 Å². The molecule has 6 nitrogen and oxygen atoms in total. The van der Waals surface area contributed by atoms with E-state index < -0.39 is 0 Å². The summed E-state index contributed by atoms with van der Waals surface area (Å²) < 4.78 is 4.10. The molecule has 1 saturated heterocycles. The summed E-state index contributed by atoms with van der Waals surface area (Å²) in [6.07, 6.45) is 8.94. The number of benzene rings is 1. The van der Waals surface area contributed by atoms with Crippen LogP contribution in [0.2, 0.25) is 5.02 Å². The van der Waals surface area contributed by atoms with Gasteiger partial charge in [-0.15, -0.1) is 5.10 Å². The van der Waals surface area contributed by atoms with E-state index in [2.05, 4.69) is 27.6 Å². The molecule has 1 aromatic carbocycles. The van der Waals surface area contributed by atoms with Crippen LogP contribution < -0.4 is 4.90 Å².